The lowest BCUT2D eigenvalue weighted by Gasteiger charge is -2.25. The van der Waals surface area contributed by atoms with E-state index in [4.69, 9.17) is 0 Å². The van der Waals surface area contributed by atoms with E-state index in [0.29, 0.717) is 5.39 Å². The van der Waals surface area contributed by atoms with Crippen molar-refractivity contribution < 1.29 is 25.9 Å². The van der Waals surface area contributed by atoms with E-state index in [0.717, 1.165) is 17.3 Å². The van der Waals surface area contributed by atoms with Gasteiger partial charge in [0, 0.05) is 22.5 Å². The summed E-state index contributed by atoms with van der Waals surface area (Å²) in [6.07, 6.45) is 0. The SMILES string of the molecule is CC.CC1Nc2ccc3c(S(=O)(=O)O)cc(S(=O)(=O)O)cc3c2C1(C)C. The number of hydrogen-bond donors (Lipinski definition) is 3. The molecular weight excluding hydrogens is 378 g/mol. The number of hydrogen-bond acceptors (Lipinski definition) is 5. The standard InChI is InChI=1S/C15H17NO6S2.C2H6/c1-8-15(2,3)14-11-6-9(23(17,18)19)7-13(24(20,21)22)10(11)4-5-12(14)16-8;1-2/h4-8,16H,1-3H3,(H,17,18,19)(H,20,21,22);1-2H3. The summed E-state index contributed by atoms with van der Waals surface area (Å²) in [5.74, 6) is 0. The predicted molar refractivity (Wildman–Crippen MR) is 101 cm³/mol. The number of anilines is 1. The molecule has 1 aliphatic rings. The van der Waals surface area contributed by atoms with E-state index < -0.39 is 35.4 Å². The zero-order chi connectivity index (χ0) is 20.1. The van der Waals surface area contributed by atoms with Gasteiger partial charge in [-0.3, -0.25) is 9.11 Å². The molecule has 0 bridgehead atoms. The molecule has 7 nitrogen and oxygen atoms in total. The van der Waals surface area contributed by atoms with Crippen molar-refractivity contribution in [1.82, 2.24) is 0 Å². The smallest absolute Gasteiger partial charge is 0.295 e. The fourth-order valence-corrected chi connectivity index (χ4v) is 4.52. The fourth-order valence-electron chi connectivity index (χ4n) is 3.18. The second-order valence-corrected chi connectivity index (χ2v) is 9.35. The lowest BCUT2D eigenvalue weighted by atomic mass is 9.79. The number of nitrogens with one attached hydrogen (secondary N) is 1. The molecular formula is C17H23NO6S2. The minimum absolute atomic E-state index is 0.0293. The highest BCUT2D eigenvalue weighted by molar-refractivity contribution is 7.86. The molecule has 2 aromatic rings. The normalized spacial score (nSPS) is 18.7. The number of fused-ring (bicyclic) bond motifs is 3. The number of rotatable bonds is 2. The van der Waals surface area contributed by atoms with Crippen molar-refractivity contribution in [1.29, 1.82) is 0 Å². The number of benzene rings is 2. The van der Waals surface area contributed by atoms with Crippen LogP contribution in [-0.2, 0) is 25.7 Å². The first kappa shape index (κ1) is 20.6. The van der Waals surface area contributed by atoms with Crippen LogP contribution >= 0.6 is 0 Å². The first-order chi connectivity index (χ1) is 11.8. The first-order valence-electron chi connectivity index (χ1n) is 8.16. The van der Waals surface area contributed by atoms with Crippen LogP contribution in [-0.4, -0.2) is 32.0 Å². The molecule has 0 amide bonds. The van der Waals surface area contributed by atoms with E-state index in [1.165, 1.54) is 12.1 Å². The molecule has 0 aromatic heterocycles. The second kappa shape index (κ2) is 6.49. The van der Waals surface area contributed by atoms with Crippen molar-refractivity contribution in [2.24, 2.45) is 0 Å². The molecule has 1 heterocycles. The minimum atomic E-state index is -4.68. The maximum absolute atomic E-state index is 11.7. The van der Waals surface area contributed by atoms with E-state index in [2.05, 4.69) is 5.32 Å². The molecule has 26 heavy (non-hydrogen) atoms. The van der Waals surface area contributed by atoms with Crippen LogP contribution in [0.15, 0.2) is 34.1 Å². The van der Waals surface area contributed by atoms with Crippen LogP contribution in [0.3, 0.4) is 0 Å². The van der Waals surface area contributed by atoms with Crippen molar-refractivity contribution in [3.05, 3.63) is 29.8 Å². The molecule has 1 atom stereocenters. The summed E-state index contributed by atoms with van der Waals surface area (Å²) in [5.41, 5.74) is 1.08. The van der Waals surface area contributed by atoms with Gasteiger partial charge in [-0.15, -0.1) is 0 Å². The van der Waals surface area contributed by atoms with Gasteiger partial charge in [-0.2, -0.15) is 16.8 Å². The van der Waals surface area contributed by atoms with E-state index in [1.807, 2.05) is 34.6 Å². The molecule has 0 radical (unpaired) electrons. The highest BCUT2D eigenvalue weighted by atomic mass is 32.2. The zero-order valence-corrected chi connectivity index (χ0v) is 16.9. The molecule has 9 heteroatoms. The maximum atomic E-state index is 11.7. The topological polar surface area (TPSA) is 121 Å². The molecule has 0 fully saturated rings. The van der Waals surface area contributed by atoms with Crippen molar-refractivity contribution in [3.8, 4) is 0 Å². The monoisotopic (exact) mass is 401 g/mol. The minimum Gasteiger partial charge on any atom is -0.381 e. The van der Waals surface area contributed by atoms with Crippen molar-refractivity contribution in [2.45, 2.75) is 55.9 Å². The van der Waals surface area contributed by atoms with Crippen LogP contribution in [0.1, 0.15) is 40.2 Å². The predicted octanol–water partition coefficient (Wildman–Crippen LogP) is 3.45. The summed E-state index contributed by atoms with van der Waals surface area (Å²) in [6, 6.07) is 5.23. The molecule has 0 spiro atoms. The zero-order valence-electron chi connectivity index (χ0n) is 15.2. The summed E-state index contributed by atoms with van der Waals surface area (Å²) < 4.78 is 65.4. The Labute approximate surface area is 153 Å². The lowest BCUT2D eigenvalue weighted by molar-refractivity contribution is 0.481. The Morgan fingerprint density at radius 3 is 2.04 bits per heavy atom. The van der Waals surface area contributed by atoms with Gasteiger partial charge >= 0.3 is 0 Å². The molecule has 0 aliphatic carbocycles. The quantitative estimate of drug-likeness (QED) is 0.659. The van der Waals surface area contributed by atoms with Crippen LogP contribution in [0.4, 0.5) is 5.69 Å². The summed E-state index contributed by atoms with van der Waals surface area (Å²) in [6.45, 7) is 9.86. The Morgan fingerprint density at radius 1 is 0.962 bits per heavy atom. The van der Waals surface area contributed by atoms with Crippen LogP contribution in [0.5, 0.6) is 0 Å². The molecule has 3 N–H and O–H groups in total. The van der Waals surface area contributed by atoms with Crippen LogP contribution in [0.25, 0.3) is 10.8 Å². The van der Waals surface area contributed by atoms with E-state index in [9.17, 15) is 25.9 Å². The summed E-state index contributed by atoms with van der Waals surface area (Å²) >= 11 is 0. The van der Waals surface area contributed by atoms with Crippen LogP contribution in [0, 0.1) is 0 Å². The summed E-state index contributed by atoms with van der Waals surface area (Å²) in [7, 11) is -9.32. The summed E-state index contributed by atoms with van der Waals surface area (Å²) in [5, 5.41) is 3.83. The Hall–Kier alpha value is -1.68. The molecule has 144 valence electrons. The van der Waals surface area contributed by atoms with Gasteiger partial charge in [-0.05, 0) is 36.1 Å². The van der Waals surface area contributed by atoms with Gasteiger partial charge in [-0.25, -0.2) is 0 Å². The average Bonchev–Trinajstić information content (AvgIpc) is 2.76. The molecule has 0 saturated heterocycles. The van der Waals surface area contributed by atoms with Gasteiger partial charge in [0.1, 0.15) is 4.90 Å². The highest BCUT2D eigenvalue weighted by Gasteiger charge is 2.38. The Bertz CT molecular complexity index is 1070. The largest absolute Gasteiger partial charge is 0.381 e. The lowest BCUT2D eigenvalue weighted by Crippen LogP contribution is -2.30. The highest BCUT2D eigenvalue weighted by Crippen LogP contribution is 2.46. The average molecular weight is 402 g/mol. The first-order valence-corrected chi connectivity index (χ1v) is 11.0. The van der Waals surface area contributed by atoms with E-state index in [1.54, 1.807) is 6.07 Å². The third-order valence-electron chi connectivity index (χ3n) is 4.75. The second-order valence-electron chi connectivity index (χ2n) is 6.54. The van der Waals surface area contributed by atoms with Crippen molar-refractivity contribution in [2.75, 3.05) is 5.32 Å². The molecule has 2 aromatic carbocycles. The summed E-state index contributed by atoms with van der Waals surface area (Å²) in [4.78, 5) is -1.13. The van der Waals surface area contributed by atoms with E-state index >= 15 is 0 Å². The Balaban J connectivity index is 0.00000117. The third kappa shape index (κ3) is 3.32. The van der Waals surface area contributed by atoms with Crippen LogP contribution < -0.4 is 5.32 Å². The Kier molecular flexibility index (Phi) is 5.15. The molecule has 0 saturated carbocycles. The maximum Gasteiger partial charge on any atom is 0.295 e. The Morgan fingerprint density at radius 2 is 1.54 bits per heavy atom. The van der Waals surface area contributed by atoms with Crippen molar-refractivity contribution >= 4 is 36.7 Å². The van der Waals surface area contributed by atoms with Gasteiger partial charge in [-0.1, -0.05) is 33.8 Å². The third-order valence-corrected chi connectivity index (χ3v) is 6.47. The van der Waals surface area contributed by atoms with Gasteiger partial charge in [0.05, 0.1) is 4.90 Å². The van der Waals surface area contributed by atoms with Gasteiger partial charge < -0.3 is 5.32 Å². The molecule has 3 rings (SSSR count). The van der Waals surface area contributed by atoms with Crippen molar-refractivity contribution in [3.63, 3.8) is 0 Å². The van der Waals surface area contributed by atoms with Gasteiger partial charge in [0.15, 0.2) is 0 Å². The molecule has 1 aliphatic heterocycles. The van der Waals surface area contributed by atoms with Crippen LogP contribution in [0.2, 0.25) is 0 Å². The van der Waals surface area contributed by atoms with Gasteiger partial charge in [0.2, 0.25) is 0 Å². The van der Waals surface area contributed by atoms with Gasteiger partial charge in [0.25, 0.3) is 20.2 Å². The van der Waals surface area contributed by atoms with E-state index in [-0.39, 0.29) is 11.4 Å². The fraction of sp³-hybridized carbons (Fsp3) is 0.412. The molecule has 1 unspecified atom stereocenters.